The number of carboxylic acids is 1. The van der Waals surface area contributed by atoms with Crippen molar-refractivity contribution in [1.29, 1.82) is 0 Å². The molecule has 4 heteroatoms. The predicted octanol–water partition coefficient (Wildman–Crippen LogP) is 1.84. The van der Waals surface area contributed by atoms with Gasteiger partial charge >= 0.3 is 5.97 Å². The molecule has 82 valence electrons. The van der Waals surface area contributed by atoms with E-state index >= 15 is 0 Å². The van der Waals surface area contributed by atoms with Gasteiger partial charge in [-0.25, -0.2) is 4.98 Å². The van der Waals surface area contributed by atoms with Gasteiger partial charge in [-0.05, 0) is 6.07 Å². The van der Waals surface area contributed by atoms with Gasteiger partial charge in [-0.15, -0.1) is 0 Å². The highest BCUT2D eigenvalue weighted by atomic mass is 16.5. The smallest absolute Gasteiger partial charge is 0.304 e. The molecule has 0 amide bonds. The third-order valence-electron chi connectivity index (χ3n) is 2.29. The summed E-state index contributed by atoms with van der Waals surface area (Å²) in [6.07, 6.45) is 1.67. The number of hydrogen-bond acceptors (Lipinski definition) is 3. The molecule has 0 saturated carbocycles. The average Bonchev–Trinajstić information content (AvgIpc) is 2.16. The van der Waals surface area contributed by atoms with E-state index in [9.17, 15) is 4.79 Å². The quantitative estimate of drug-likeness (QED) is 0.822. The van der Waals surface area contributed by atoms with E-state index in [1.54, 1.807) is 12.3 Å². The monoisotopic (exact) mass is 209 g/mol. The Labute approximate surface area is 88.9 Å². The molecule has 4 nitrogen and oxygen atoms in total. The molecule has 0 bridgehead atoms. The maximum atomic E-state index is 10.7. The number of hydrogen-bond donors (Lipinski definition) is 1. The number of rotatable bonds is 4. The Balaban J connectivity index is 3.07. The predicted molar refractivity (Wildman–Crippen MR) is 56.1 cm³/mol. The van der Waals surface area contributed by atoms with Crippen molar-refractivity contribution in [1.82, 2.24) is 4.98 Å². The number of ether oxygens (including phenoxy) is 1. The van der Waals surface area contributed by atoms with E-state index in [1.165, 1.54) is 7.11 Å². The van der Waals surface area contributed by atoms with Gasteiger partial charge in [0.05, 0.1) is 13.5 Å². The minimum absolute atomic E-state index is 0.0506. The number of carboxylic acid groups (broad SMARTS) is 1. The van der Waals surface area contributed by atoms with Gasteiger partial charge in [0.25, 0.3) is 0 Å². The van der Waals surface area contributed by atoms with Crippen molar-refractivity contribution >= 4 is 5.97 Å². The summed E-state index contributed by atoms with van der Waals surface area (Å²) in [4.78, 5) is 14.8. The van der Waals surface area contributed by atoms with Gasteiger partial charge < -0.3 is 9.84 Å². The summed E-state index contributed by atoms with van der Waals surface area (Å²) < 4.78 is 5.11. The minimum atomic E-state index is -0.828. The van der Waals surface area contributed by atoms with Gasteiger partial charge in [-0.3, -0.25) is 4.79 Å². The molecule has 0 radical (unpaired) electrons. The summed E-state index contributed by atoms with van der Waals surface area (Å²) in [7, 11) is 1.53. The van der Waals surface area contributed by atoms with Crippen LogP contribution in [0.2, 0.25) is 0 Å². The van der Waals surface area contributed by atoms with Gasteiger partial charge in [-0.2, -0.15) is 0 Å². The fraction of sp³-hybridized carbons (Fsp3) is 0.455. The van der Waals surface area contributed by atoms with Crippen molar-refractivity contribution in [3.05, 3.63) is 23.9 Å². The molecule has 0 fully saturated rings. The molecule has 1 aromatic heterocycles. The zero-order valence-corrected chi connectivity index (χ0v) is 9.15. The SMILES string of the molecule is COc1ncccc1C(C)(C)CC(=O)O. The summed E-state index contributed by atoms with van der Waals surface area (Å²) in [6.45, 7) is 3.72. The van der Waals surface area contributed by atoms with Crippen molar-refractivity contribution in [2.75, 3.05) is 7.11 Å². The van der Waals surface area contributed by atoms with Crippen molar-refractivity contribution in [3.63, 3.8) is 0 Å². The Morgan fingerprint density at radius 2 is 2.27 bits per heavy atom. The Bertz CT molecular complexity index is 361. The van der Waals surface area contributed by atoms with E-state index < -0.39 is 11.4 Å². The normalized spacial score (nSPS) is 11.1. The standard InChI is InChI=1S/C11H15NO3/c1-11(2,7-9(13)14)8-5-4-6-12-10(8)15-3/h4-6H,7H2,1-3H3,(H,13,14). The lowest BCUT2D eigenvalue weighted by atomic mass is 9.82. The van der Waals surface area contributed by atoms with Crippen LogP contribution in [0.3, 0.4) is 0 Å². The van der Waals surface area contributed by atoms with Crippen molar-refractivity contribution in [3.8, 4) is 5.88 Å². The molecule has 1 N–H and O–H groups in total. The number of nitrogens with zero attached hydrogens (tertiary/aromatic N) is 1. The van der Waals surface area contributed by atoms with Gasteiger partial charge in [0, 0.05) is 17.2 Å². The Hall–Kier alpha value is -1.58. The third-order valence-corrected chi connectivity index (χ3v) is 2.29. The van der Waals surface area contributed by atoms with E-state index in [0.717, 1.165) is 5.56 Å². The van der Waals surface area contributed by atoms with Crippen LogP contribution in [0.4, 0.5) is 0 Å². The maximum Gasteiger partial charge on any atom is 0.304 e. The molecule has 1 aromatic rings. The highest BCUT2D eigenvalue weighted by Gasteiger charge is 2.27. The van der Waals surface area contributed by atoms with Gasteiger partial charge in [0.1, 0.15) is 0 Å². The largest absolute Gasteiger partial charge is 0.481 e. The van der Waals surface area contributed by atoms with E-state index in [0.29, 0.717) is 5.88 Å². The van der Waals surface area contributed by atoms with Crippen LogP contribution >= 0.6 is 0 Å². The van der Waals surface area contributed by atoms with E-state index in [4.69, 9.17) is 9.84 Å². The number of aliphatic carboxylic acids is 1. The fourth-order valence-electron chi connectivity index (χ4n) is 1.54. The number of carbonyl (C=O) groups is 1. The molecule has 1 rings (SSSR count). The van der Waals surface area contributed by atoms with Crippen LogP contribution in [0.1, 0.15) is 25.8 Å². The highest BCUT2D eigenvalue weighted by Crippen LogP contribution is 2.32. The molecule has 0 aliphatic carbocycles. The number of aromatic nitrogens is 1. The molecule has 0 saturated heterocycles. The second kappa shape index (κ2) is 4.29. The fourth-order valence-corrected chi connectivity index (χ4v) is 1.54. The molecule has 15 heavy (non-hydrogen) atoms. The summed E-state index contributed by atoms with van der Waals surface area (Å²) in [5, 5.41) is 8.81. The Morgan fingerprint density at radius 3 is 2.80 bits per heavy atom. The Kier molecular flexibility index (Phi) is 3.29. The first-order chi connectivity index (χ1) is 6.97. The van der Waals surface area contributed by atoms with Crippen LogP contribution in [-0.4, -0.2) is 23.2 Å². The maximum absolute atomic E-state index is 10.7. The average molecular weight is 209 g/mol. The highest BCUT2D eigenvalue weighted by molar-refractivity contribution is 5.69. The van der Waals surface area contributed by atoms with E-state index in [-0.39, 0.29) is 6.42 Å². The lowest BCUT2D eigenvalue weighted by Gasteiger charge is -2.24. The summed E-state index contributed by atoms with van der Waals surface area (Å²) in [6, 6.07) is 3.62. The molecule has 1 heterocycles. The lowest BCUT2D eigenvalue weighted by Crippen LogP contribution is -2.22. The first kappa shape index (κ1) is 11.5. The third kappa shape index (κ3) is 2.68. The topological polar surface area (TPSA) is 59.4 Å². The number of pyridine rings is 1. The second-order valence-electron chi connectivity index (χ2n) is 4.01. The summed E-state index contributed by atoms with van der Waals surface area (Å²) in [5.74, 6) is -0.338. The van der Waals surface area contributed by atoms with Gasteiger partial charge in [0.2, 0.25) is 5.88 Å². The van der Waals surface area contributed by atoms with Crippen LogP contribution in [0.25, 0.3) is 0 Å². The molecule has 0 aliphatic heterocycles. The van der Waals surface area contributed by atoms with Gasteiger partial charge in [-0.1, -0.05) is 19.9 Å². The first-order valence-electron chi connectivity index (χ1n) is 4.68. The molecule has 0 aromatic carbocycles. The first-order valence-corrected chi connectivity index (χ1v) is 4.68. The molecule has 0 aliphatic rings. The van der Waals surface area contributed by atoms with Crippen LogP contribution < -0.4 is 4.74 Å². The zero-order valence-electron chi connectivity index (χ0n) is 9.15. The molecule has 0 spiro atoms. The van der Waals surface area contributed by atoms with Crippen LogP contribution in [-0.2, 0) is 10.2 Å². The van der Waals surface area contributed by atoms with Crippen LogP contribution in [0.5, 0.6) is 5.88 Å². The van der Waals surface area contributed by atoms with Crippen molar-refractivity contribution < 1.29 is 14.6 Å². The molecule has 0 atom stereocenters. The van der Waals surface area contributed by atoms with Crippen LogP contribution in [0, 0.1) is 0 Å². The van der Waals surface area contributed by atoms with Gasteiger partial charge in [0.15, 0.2) is 0 Å². The molecule has 0 unspecified atom stereocenters. The van der Waals surface area contributed by atoms with Crippen LogP contribution in [0.15, 0.2) is 18.3 Å². The number of methoxy groups -OCH3 is 1. The van der Waals surface area contributed by atoms with Crippen molar-refractivity contribution in [2.24, 2.45) is 0 Å². The Morgan fingerprint density at radius 1 is 1.60 bits per heavy atom. The molecular formula is C11H15NO3. The van der Waals surface area contributed by atoms with E-state index in [2.05, 4.69) is 4.98 Å². The second-order valence-corrected chi connectivity index (χ2v) is 4.01. The minimum Gasteiger partial charge on any atom is -0.481 e. The zero-order chi connectivity index (χ0) is 11.5. The van der Waals surface area contributed by atoms with E-state index in [1.807, 2.05) is 19.9 Å². The summed E-state index contributed by atoms with van der Waals surface area (Å²) >= 11 is 0. The lowest BCUT2D eigenvalue weighted by molar-refractivity contribution is -0.138. The van der Waals surface area contributed by atoms with Crippen molar-refractivity contribution in [2.45, 2.75) is 25.7 Å². The molecular weight excluding hydrogens is 194 g/mol. The summed E-state index contributed by atoms with van der Waals surface area (Å²) in [5.41, 5.74) is 0.334.